The Labute approximate surface area is 206 Å². The van der Waals surface area contributed by atoms with E-state index in [1.165, 1.54) is 0 Å². The first-order chi connectivity index (χ1) is 16.8. The monoisotopic (exact) mass is 486 g/mol. The van der Waals surface area contributed by atoms with Gasteiger partial charge in [-0.1, -0.05) is 31.4 Å². The second kappa shape index (κ2) is 14.8. The molecule has 190 valence electrons. The van der Waals surface area contributed by atoms with Crippen molar-refractivity contribution in [2.45, 2.75) is 20.8 Å². The fraction of sp³-hybridized carbons (Fsp3) is 0.407. The van der Waals surface area contributed by atoms with E-state index in [-0.39, 0.29) is 26.4 Å². The average Bonchev–Trinajstić information content (AvgIpc) is 2.83. The van der Waals surface area contributed by atoms with Gasteiger partial charge in [-0.15, -0.1) is 0 Å². The van der Waals surface area contributed by atoms with Crippen LogP contribution in [0.15, 0.2) is 54.6 Å². The average molecular weight is 487 g/mol. The van der Waals surface area contributed by atoms with Crippen molar-refractivity contribution >= 4 is 22.7 Å². The van der Waals surface area contributed by atoms with Crippen LogP contribution in [0.3, 0.4) is 0 Å². The van der Waals surface area contributed by atoms with Crippen molar-refractivity contribution in [2.24, 2.45) is 0 Å². The number of hydrogen-bond acceptors (Lipinski definition) is 8. The van der Waals surface area contributed by atoms with Gasteiger partial charge in [0.2, 0.25) is 0 Å². The van der Waals surface area contributed by atoms with E-state index in [1.807, 2.05) is 37.3 Å². The van der Waals surface area contributed by atoms with Crippen molar-refractivity contribution < 1.29 is 38.0 Å². The van der Waals surface area contributed by atoms with E-state index >= 15 is 0 Å². The molecule has 0 aromatic heterocycles. The lowest BCUT2D eigenvalue weighted by Gasteiger charge is -2.14. The van der Waals surface area contributed by atoms with Crippen molar-refractivity contribution in [3.05, 3.63) is 60.2 Å². The summed E-state index contributed by atoms with van der Waals surface area (Å²) in [5.41, 5.74) is 1.72. The molecule has 8 heteroatoms. The lowest BCUT2D eigenvalue weighted by molar-refractivity contribution is -0.141. The van der Waals surface area contributed by atoms with Crippen LogP contribution >= 0.6 is 0 Å². The quantitative estimate of drug-likeness (QED) is 0.198. The molecule has 0 saturated heterocycles. The highest BCUT2D eigenvalue weighted by Gasteiger charge is 2.09. The first kappa shape index (κ1) is 27.9. The third-order valence-corrected chi connectivity index (χ3v) is 4.73. The smallest absolute Gasteiger partial charge is 0.333 e. The maximum absolute atomic E-state index is 11.3. The standard InChI is InChI=1S/C27H34O8/c1-19(2)26(28)34-16-12-30-10-14-32-23-9-8-22-7-6-21(5)25(24(22)18-23)33-15-11-31-13-17-35-27(29)20(3)4/h6-9,18H,1,3,10-17H2,2,4-5H3. The molecule has 0 fully saturated rings. The molecule has 8 nitrogen and oxygen atoms in total. The van der Waals surface area contributed by atoms with E-state index in [0.29, 0.717) is 43.3 Å². The molecule has 2 aromatic carbocycles. The molecule has 2 aromatic rings. The van der Waals surface area contributed by atoms with Crippen LogP contribution in [0.5, 0.6) is 11.5 Å². The lowest BCUT2D eigenvalue weighted by atomic mass is 10.1. The molecule has 0 aliphatic carbocycles. The molecule has 0 spiro atoms. The topological polar surface area (TPSA) is 89.5 Å². The van der Waals surface area contributed by atoms with Crippen LogP contribution in [0.25, 0.3) is 10.8 Å². The minimum absolute atomic E-state index is 0.170. The third-order valence-electron chi connectivity index (χ3n) is 4.73. The summed E-state index contributed by atoms with van der Waals surface area (Å²) in [6.07, 6.45) is 0. The van der Waals surface area contributed by atoms with Crippen molar-refractivity contribution in [1.29, 1.82) is 0 Å². The van der Waals surface area contributed by atoms with Gasteiger partial charge in [-0.3, -0.25) is 0 Å². The first-order valence-corrected chi connectivity index (χ1v) is 11.4. The van der Waals surface area contributed by atoms with Crippen molar-refractivity contribution in [1.82, 2.24) is 0 Å². The highest BCUT2D eigenvalue weighted by molar-refractivity contribution is 5.90. The number of carbonyl (C=O) groups excluding carboxylic acids is 2. The van der Waals surface area contributed by atoms with Crippen LogP contribution in [-0.2, 0) is 28.5 Å². The molecule has 0 bridgehead atoms. The zero-order valence-corrected chi connectivity index (χ0v) is 20.7. The Morgan fingerprint density at radius 3 is 1.80 bits per heavy atom. The summed E-state index contributed by atoms with van der Waals surface area (Å²) in [6, 6.07) is 9.84. The Bertz CT molecular complexity index is 1030. The zero-order valence-electron chi connectivity index (χ0n) is 20.7. The molecule has 0 unspecified atom stereocenters. The first-order valence-electron chi connectivity index (χ1n) is 11.4. The van der Waals surface area contributed by atoms with E-state index in [1.54, 1.807) is 13.8 Å². The van der Waals surface area contributed by atoms with Crippen LogP contribution in [0.4, 0.5) is 0 Å². The summed E-state index contributed by atoms with van der Waals surface area (Å²) in [4.78, 5) is 22.6. The molecule has 0 saturated carbocycles. The van der Waals surface area contributed by atoms with Crippen LogP contribution in [0.2, 0.25) is 0 Å². The lowest BCUT2D eigenvalue weighted by Crippen LogP contribution is -2.14. The van der Waals surface area contributed by atoms with Crippen LogP contribution < -0.4 is 9.47 Å². The fourth-order valence-corrected chi connectivity index (χ4v) is 2.92. The predicted octanol–water partition coefficient (Wildman–Crippen LogP) is 4.18. The molecule has 0 heterocycles. The van der Waals surface area contributed by atoms with E-state index in [0.717, 1.165) is 22.1 Å². The summed E-state index contributed by atoms with van der Waals surface area (Å²) in [5.74, 6) is 0.608. The van der Waals surface area contributed by atoms with Crippen molar-refractivity contribution in [3.63, 3.8) is 0 Å². The summed E-state index contributed by atoms with van der Waals surface area (Å²) in [5, 5.41) is 1.96. The van der Waals surface area contributed by atoms with Gasteiger partial charge in [0.25, 0.3) is 0 Å². The number of carbonyl (C=O) groups is 2. The molecular weight excluding hydrogens is 452 g/mol. The van der Waals surface area contributed by atoms with E-state index in [9.17, 15) is 9.59 Å². The number of benzene rings is 2. The van der Waals surface area contributed by atoms with Gasteiger partial charge >= 0.3 is 11.9 Å². The minimum atomic E-state index is -0.426. The van der Waals surface area contributed by atoms with E-state index in [2.05, 4.69) is 13.2 Å². The Balaban J connectivity index is 1.78. The predicted molar refractivity (Wildman–Crippen MR) is 133 cm³/mol. The molecule has 0 N–H and O–H groups in total. The Morgan fingerprint density at radius 2 is 1.23 bits per heavy atom. The number of fused-ring (bicyclic) bond motifs is 1. The number of hydrogen-bond donors (Lipinski definition) is 0. The molecule has 2 rings (SSSR count). The molecule has 0 aliphatic rings. The minimum Gasteiger partial charge on any atom is -0.491 e. The SMILES string of the molecule is C=C(C)C(=O)OCCOCCOc1ccc2ccc(C)c(OCCOCCOC(=O)C(=C)C)c2c1. The van der Waals surface area contributed by atoms with E-state index < -0.39 is 11.9 Å². The summed E-state index contributed by atoms with van der Waals surface area (Å²) >= 11 is 0. The van der Waals surface area contributed by atoms with Crippen LogP contribution in [-0.4, -0.2) is 64.8 Å². The number of esters is 2. The van der Waals surface area contributed by atoms with Gasteiger partial charge in [0, 0.05) is 16.5 Å². The van der Waals surface area contributed by atoms with Crippen molar-refractivity contribution in [3.8, 4) is 11.5 Å². The second-order valence-electron chi connectivity index (χ2n) is 7.85. The van der Waals surface area contributed by atoms with Crippen molar-refractivity contribution in [2.75, 3.05) is 52.9 Å². The highest BCUT2D eigenvalue weighted by atomic mass is 16.6. The van der Waals surface area contributed by atoms with Gasteiger partial charge in [-0.25, -0.2) is 9.59 Å². The molecule has 0 aliphatic heterocycles. The number of aryl methyl sites for hydroxylation is 1. The molecular formula is C27H34O8. The third kappa shape index (κ3) is 9.80. The summed E-state index contributed by atoms with van der Waals surface area (Å²) in [7, 11) is 0. The van der Waals surface area contributed by atoms with Gasteiger partial charge in [0.1, 0.15) is 37.9 Å². The van der Waals surface area contributed by atoms with Crippen LogP contribution in [0.1, 0.15) is 19.4 Å². The molecule has 35 heavy (non-hydrogen) atoms. The van der Waals surface area contributed by atoms with Gasteiger partial charge < -0.3 is 28.4 Å². The Hall–Kier alpha value is -3.36. The largest absolute Gasteiger partial charge is 0.491 e. The maximum Gasteiger partial charge on any atom is 0.333 e. The number of ether oxygens (including phenoxy) is 6. The fourth-order valence-electron chi connectivity index (χ4n) is 2.92. The Morgan fingerprint density at radius 1 is 0.714 bits per heavy atom. The maximum atomic E-state index is 11.3. The number of rotatable bonds is 16. The summed E-state index contributed by atoms with van der Waals surface area (Å²) < 4.78 is 32.7. The van der Waals surface area contributed by atoms with Gasteiger partial charge in [-0.2, -0.15) is 0 Å². The van der Waals surface area contributed by atoms with Gasteiger partial charge in [0.15, 0.2) is 0 Å². The molecule has 0 atom stereocenters. The van der Waals surface area contributed by atoms with Gasteiger partial charge in [-0.05, 0) is 43.9 Å². The Kier molecular flexibility index (Phi) is 11.8. The molecule has 0 radical (unpaired) electrons. The van der Waals surface area contributed by atoms with E-state index in [4.69, 9.17) is 28.4 Å². The second-order valence-corrected chi connectivity index (χ2v) is 7.85. The normalized spacial score (nSPS) is 10.6. The highest BCUT2D eigenvalue weighted by Crippen LogP contribution is 2.32. The molecule has 0 amide bonds. The zero-order chi connectivity index (χ0) is 25.6. The summed E-state index contributed by atoms with van der Waals surface area (Å²) in [6.45, 7) is 14.6. The van der Waals surface area contributed by atoms with Gasteiger partial charge in [0.05, 0.1) is 26.4 Å². The van der Waals surface area contributed by atoms with Crippen LogP contribution in [0, 0.1) is 6.92 Å².